The highest BCUT2D eigenvalue weighted by Gasteiger charge is 2.12. The Morgan fingerprint density at radius 2 is 1.69 bits per heavy atom. The van der Waals surface area contributed by atoms with E-state index in [2.05, 4.69) is 10.3 Å². The molecule has 1 aromatic heterocycles. The Bertz CT molecular complexity index is 1150. The Balaban J connectivity index is 1.34. The number of carbonyl (C=O) groups is 1. The van der Waals surface area contributed by atoms with E-state index in [0.29, 0.717) is 41.9 Å². The summed E-state index contributed by atoms with van der Waals surface area (Å²) < 4.78 is 17.2. The first-order valence-corrected chi connectivity index (χ1v) is 10.5. The molecule has 1 heterocycles. The first kappa shape index (κ1) is 21.2. The van der Waals surface area contributed by atoms with Crippen molar-refractivity contribution in [2.75, 3.05) is 11.9 Å². The van der Waals surface area contributed by atoms with Crippen LogP contribution in [-0.2, 0) is 11.2 Å². The molecule has 4 rings (SSSR count). The molecule has 0 aliphatic rings. The normalized spacial score (nSPS) is 10.5. The number of anilines is 1. The summed E-state index contributed by atoms with van der Waals surface area (Å²) >= 11 is 0. The van der Waals surface area contributed by atoms with Crippen molar-refractivity contribution in [2.45, 2.75) is 19.8 Å². The third kappa shape index (κ3) is 5.55. The lowest BCUT2D eigenvalue weighted by atomic mass is 10.2. The van der Waals surface area contributed by atoms with E-state index in [-0.39, 0.29) is 12.3 Å². The van der Waals surface area contributed by atoms with Crippen LogP contribution in [-0.4, -0.2) is 17.5 Å². The number of nitrogens with zero attached hydrogens (tertiary/aromatic N) is 1. The number of carbonyl (C=O) groups excluding carboxylic acids is 1. The highest BCUT2D eigenvalue weighted by atomic mass is 16.5. The Hall–Kier alpha value is -4.06. The van der Waals surface area contributed by atoms with Crippen LogP contribution >= 0.6 is 0 Å². The van der Waals surface area contributed by atoms with Crippen LogP contribution in [0.15, 0.2) is 89.5 Å². The first-order valence-electron chi connectivity index (χ1n) is 10.5. The largest absolute Gasteiger partial charge is 0.494 e. The van der Waals surface area contributed by atoms with Gasteiger partial charge in [0, 0.05) is 18.4 Å². The quantitative estimate of drug-likeness (QED) is 0.348. The summed E-state index contributed by atoms with van der Waals surface area (Å²) in [6.07, 6.45) is 2.30. The number of para-hydroxylation sites is 3. The number of hydrogen-bond donors (Lipinski definition) is 1. The van der Waals surface area contributed by atoms with Crippen molar-refractivity contribution in [2.24, 2.45) is 0 Å². The number of aromatic nitrogens is 1. The van der Waals surface area contributed by atoms with Gasteiger partial charge in [0.2, 0.25) is 5.91 Å². The molecule has 4 aromatic rings. The van der Waals surface area contributed by atoms with Crippen molar-refractivity contribution < 1.29 is 18.7 Å². The average Bonchev–Trinajstić information content (AvgIpc) is 3.30. The maximum Gasteiger partial charge on any atom is 0.224 e. The second-order valence-electron chi connectivity index (χ2n) is 7.04. The van der Waals surface area contributed by atoms with Gasteiger partial charge >= 0.3 is 0 Å². The first-order chi connectivity index (χ1) is 15.7. The van der Waals surface area contributed by atoms with Crippen LogP contribution in [0.1, 0.15) is 19.2 Å². The molecule has 0 spiro atoms. The van der Waals surface area contributed by atoms with Crippen LogP contribution in [0.4, 0.5) is 5.69 Å². The minimum atomic E-state index is -0.144. The van der Waals surface area contributed by atoms with Gasteiger partial charge < -0.3 is 19.2 Å². The van der Waals surface area contributed by atoms with Crippen molar-refractivity contribution >= 4 is 11.6 Å². The van der Waals surface area contributed by atoms with E-state index in [9.17, 15) is 4.79 Å². The SMILES string of the molecule is CCOc1ccc(-c2cnc(CCC(=O)Nc3ccccc3Oc3ccccc3)o2)cc1. The van der Waals surface area contributed by atoms with E-state index in [4.69, 9.17) is 13.9 Å². The van der Waals surface area contributed by atoms with Crippen molar-refractivity contribution in [1.82, 2.24) is 4.98 Å². The topological polar surface area (TPSA) is 73.6 Å². The Labute approximate surface area is 186 Å². The second kappa shape index (κ2) is 10.3. The van der Waals surface area contributed by atoms with E-state index >= 15 is 0 Å². The zero-order chi connectivity index (χ0) is 22.2. The molecule has 3 aromatic carbocycles. The molecule has 0 saturated carbocycles. The summed E-state index contributed by atoms with van der Waals surface area (Å²) in [6.45, 7) is 2.57. The third-order valence-electron chi connectivity index (χ3n) is 4.70. The predicted molar refractivity (Wildman–Crippen MR) is 123 cm³/mol. The van der Waals surface area contributed by atoms with E-state index in [1.54, 1.807) is 6.20 Å². The van der Waals surface area contributed by atoms with Gasteiger partial charge in [-0.1, -0.05) is 30.3 Å². The molecule has 6 heteroatoms. The molecule has 0 fully saturated rings. The molecular weight excluding hydrogens is 404 g/mol. The summed E-state index contributed by atoms with van der Waals surface area (Å²) in [7, 11) is 0. The number of hydrogen-bond acceptors (Lipinski definition) is 5. The number of ether oxygens (including phenoxy) is 2. The Morgan fingerprint density at radius 1 is 0.938 bits per heavy atom. The number of nitrogens with one attached hydrogen (secondary N) is 1. The fraction of sp³-hybridized carbons (Fsp3) is 0.154. The summed E-state index contributed by atoms with van der Waals surface area (Å²) in [6, 6.07) is 24.4. The lowest BCUT2D eigenvalue weighted by Gasteiger charge is -2.12. The standard InChI is InChI=1S/C26H24N2O4/c1-2-30-20-14-12-19(13-15-20)24-18-27-26(32-24)17-16-25(29)28-22-10-6-7-11-23(22)31-21-8-4-3-5-9-21/h3-15,18H,2,16-17H2,1H3,(H,28,29). The number of benzene rings is 3. The molecule has 6 nitrogen and oxygen atoms in total. The van der Waals surface area contributed by atoms with E-state index in [0.717, 1.165) is 11.3 Å². The molecule has 0 atom stereocenters. The van der Waals surface area contributed by atoms with Crippen molar-refractivity contribution in [3.05, 3.63) is 91.0 Å². The molecule has 0 saturated heterocycles. The van der Waals surface area contributed by atoms with Gasteiger partial charge in [-0.25, -0.2) is 4.98 Å². The molecule has 1 N–H and O–H groups in total. The minimum absolute atomic E-state index is 0.144. The van der Waals surface area contributed by atoms with Crippen LogP contribution < -0.4 is 14.8 Å². The van der Waals surface area contributed by atoms with Crippen LogP contribution in [0.5, 0.6) is 17.2 Å². The van der Waals surface area contributed by atoms with Crippen molar-refractivity contribution in [3.8, 4) is 28.6 Å². The van der Waals surface area contributed by atoms with E-state index in [1.807, 2.05) is 85.8 Å². The number of rotatable bonds is 9. The molecule has 1 amide bonds. The minimum Gasteiger partial charge on any atom is -0.494 e. The van der Waals surface area contributed by atoms with Gasteiger partial charge in [-0.05, 0) is 55.5 Å². The maximum absolute atomic E-state index is 12.5. The van der Waals surface area contributed by atoms with Gasteiger partial charge in [0.25, 0.3) is 0 Å². The summed E-state index contributed by atoms with van der Waals surface area (Å²) in [4.78, 5) is 16.8. The molecular formula is C26H24N2O4. The molecule has 0 aliphatic carbocycles. The number of aryl methyl sites for hydroxylation is 1. The van der Waals surface area contributed by atoms with Crippen molar-refractivity contribution in [1.29, 1.82) is 0 Å². The lowest BCUT2D eigenvalue weighted by molar-refractivity contribution is -0.116. The summed E-state index contributed by atoms with van der Waals surface area (Å²) in [5.74, 6) is 3.12. The highest BCUT2D eigenvalue weighted by molar-refractivity contribution is 5.92. The molecule has 0 bridgehead atoms. The highest BCUT2D eigenvalue weighted by Crippen LogP contribution is 2.29. The van der Waals surface area contributed by atoms with Crippen LogP contribution in [0.3, 0.4) is 0 Å². The smallest absolute Gasteiger partial charge is 0.224 e. The van der Waals surface area contributed by atoms with Crippen molar-refractivity contribution in [3.63, 3.8) is 0 Å². The van der Waals surface area contributed by atoms with Gasteiger partial charge in [-0.15, -0.1) is 0 Å². The van der Waals surface area contributed by atoms with E-state index < -0.39 is 0 Å². The van der Waals surface area contributed by atoms with E-state index in [1.165, 1.54) is 0 Å². The zero-order valence-electron chi connectivity index (χ0n) is 17.8. The van der Waals surface area contributed by atoms with Crippen LogP contribution in [0.25, 0.3) is 11.3 Å². The Kier molecular flexibility index (Phi) is 6.82. The van der Waals surface area contributed by atoms with Gasteiger partial charge in [0.1, 0.15) is 11.5 Å². The lowest BCUT2D eigenvalue weighted by Crippen LogP contribution is -2.13. The number of oxazole rings is 1. The molecule has 162 valence electrons. The fourth-order valence-corrected chi connectivity index (χ4v) is 3.15. The zero-order valence-corrected chi connectivity index (χ0v) is 17.8. The summed E-state index contributed by atoms with van der Waals surface area (Å²) in [5, 5.41) is 2.91. The molecule has 0 unspecified atom stereocenters. The average molecular weight is 428 g/mol. The van der Waals surface area contributed by atoms with Crippen LogP contribution in [0.2, 0.25) is 0 Å². The molecule has 32 heavy (non-hydrogen) atoms. The van der Waals surface area contributed by atoms with Crippen LogP contribution in [0, 0.1) is 0 Å². The van der Waals surface area contributed by atoms with Gasteiger partial charge in [-0.2, -0.15) is 0 Å². The second-order valence-corrected chi connectivity index (χ2v) is 7.04. The monoisotopic (exact) mass is 428 g/mol. The molecule has 0 radical (unpaired) electrons. The number of amides is 1. The maximum atomic E-state index is 12.5. The molecule has 0 aliphatic heterocycles. The van der Waals surface area contributed by atoms with Gasteiger partial charge in [0.05, 0.1) is 18.5 Å². The predicted octanol–water partition coefficient (Wildman–Crippen LogP) is 6.10. The fourth-order valence-electron chi connectivity index (χ4n) is 3.15. The van der Waals surface area contributed by atoms with Gasteiger partial charge in [0.15, 0.2) is 17.4 Å². The third-order valence-corrected chi connectivity index (χ3v) is 4.70. The summed E-state index contributed by atoms with van der Waals surface area (Å²) in [5.41, 5.74) is 1.52. The van der Waals surface area contributed by atoms with Gasteiger partial charge in [-0.3, -0.25) is 4.79 Å². The Morgan fingerprint density at radius 3 is 2.47 bits per heavy atom.